The number of hydrogen-bond donors (Lipinski definition) is 1. The Hall–Kier alpha value is -2.43. The SMILES string of the molecule is CCC(CC(C)Cl)CC(C)(C)OCCC(C)(C)NC(=O)C(C)(C)OCCC(C)(C)OC(=O)Oc1ccc([N+](=O)[O-])cc1. The van der Waals surface area contributed by atoms with Crippen molar-refractivity contribution in [2.24, 2.45) is 5.92 Å². The molecule has 1 aromatic carbocycles. The van der Waals surface area contributed by atoms with E-state index in [0.717, 1.165) is 19.3 Å². The maximum Gasteiger partial charge on any atom is 0.514 e. The number of nitrogens with one attached hydrogen (secondary N) is 1. The first kappa shape index (κ1) is 37.6. The molecule has 0 aliphatic heterocycles. The molecule has 0 saturated carbocycles. The van der Waals surface area contributed by atoms with Gasteiger partial charge in [0.1, 0.15) is 17.0 Å². The minimum absolute atomic E-state index is 0.117. The van der Waals surface area contributed by atoms with Crippen LogP contribution in [0.2, 0.25) is 0 Å². The Morgan fingerprint density at radius 2 is 1.52 bits per heavy atom. The van der Waals surface area contributed by atoms with Gasteiger partial charge in [-0.1, -0.05) is 13.3 Å². The van der Waals surface area contributed by atoms with E-state index >= 15 is 0 Å². The highest BCUT2D eigenvalue weighted by molar-refractivity contribution is 6.20. The highest BCUT2D eigenvalue weighted by atomic mass is 35.5. The summed E-state index contributed by atoms with van der Waals surface area (Å²) in [7, 11) is 0. The molecule has 240 valence electrons. The van der Waals surface area contributed by atoms with Crippen LogP contribution in [0, 0.1) is 16.0 Å². The third kappa shape index (κ3) is 14.6. The van der Waals surface area contributed by atoms with Crippen molar-refractivity contribution < 1.29 is 33.5 Å². The number of halogens is 1. The number of amides is 1. The van der Waals surface area contributed by atoms with Crippen LogP contribution in [0.25, 0.3) is 0 Å². The summed E-state index contributed by atoms with van der Waals surface area (Å²) in [5.74, 6) is 0.359. The van der Waals surface area contributed by atoms with Crippen LogP contribution in [-0.2, 0) is 19.0 Å². The molecular weight excluding hydrogens is 564 g/mol. The van der Waals surface area contributed by atoms with Gasteiger partial charge in [-0.3, -0.25) is 14.9 Å². The number of hydrogen-bond acceptors (Lipinski definition) is 8. The molecule has 42 heavy (non-hydrogen) atoms. The molecule has 10 nitrogen and oxygen atoms in total. The Morgan fingerprint density at radius 3 is 2.05 bits per heavy atom. The maximum atomic E-state index is 13.1. The van der Waals surface area contributed by atoms with Gasteiger partial charge in [0.15, 0.2) is 0 Å². The van der Waals surface area contributed by atoms with E-state index < -0.39 is 27.8 Å². The number of nitrogens with zero attached hydrogens (tertiary/aromatic N) is 1. The van der Waals surface area contributed by atoms with E-state index in [4.69, 9.17) is 30.5 Å². The average Bonchev–Trinajstić information content (AvgIpc) is 2.82. The number of benzene rings is 1. The van der Waals surface area contributed by atoms with Crippen molar-refractivity contribution in [3.8, 4) is 5.75 Å². The molecule has 1 rings (SSSR count). The summed E-state index contributed by atoms with van der Waals surface area (Å²) in [5, 5.41) is 14.0. The average molecular weight is 615 g/mol. The van der Waals surface area contributed by atoms with Gasteiger partial charge in [0, 0.05) is 36.1 Å². The lowest BCUT2D eigenvalue weighted by Gasteiger charge is -2.35. The fraction of sp³-hybridized carbons (Fsp3) is 0.742. The third-order valence-electron chi connectivity index (χ3n) is 7.01. The molecule has 2 unspecified atom stereocenters. The number of ether oxygens (including phenoxy) is 4. The summed E-state index contributed by atoms with van der Waals surface area (Å²) in [5.41, 5.74) is -3.01. The van der Waals surface area contributed by atoms with E-state index in [0.29, 0.717) is 25.4 Å². The summed E-state index contributed by atoms with van der Waals surface area (Å²) in [4.78, 5) is 35.5. The van der Waals surface area contributed by atoms with Crippen molar-refractivity contribution in [2.75, 3.05) is 13.2 Å². The van der Waals surface area contributed by atoms with Crippen molar-refractivity contribution in [1.82, 2.24) is 5.32 Å². The fourth-order valence-corrected chi connectivity index (χ4v) is 4.61. The molecule has 0 radical (unpaired) electrons. The summed E-state index contributed by atoms with van der Waals surface area (Å²) in [6.45, 7) is 19.7. The van der Waals surface area contributed by atoms with Crippen LogP contribution in [0.5, 0.6) is 5.75 Å². The molecule has 1 N–H and O–H groups in total. The van der Waals surface area contributed by atoms with Crippen molar-refractivity contribution in [2.45, 2.75) is 129 Å². The number of nitro benzene ring substituents is 1. The van der Waals surface area contributed by atoms with Crippen LogP contribution in [-0.4, -0.2) is 57.9 Å². The Kier molecular flexibility index (Phi) is 14.2. The van der Waals surface area contributed by atoms with Crippen LogP contribution in [0.3, 0.4) is 0 Å². The van der Waals surface area contributed by atoms with Gasteiger partial charge in [-0.15, -0.1) is 11.6 Å². The lowest BCUT2D eigenvalue weighted by Crippen LogP contribution is -2.53. The smallest absolute Gasteiger partial charge is 0.428 e. The standard InChI is InChI=1S/C31H51ClN2O8/c1-11-23(20-22(2)32)21-30(7,8)39-18-16-28(3,4)33-26(35)31(9,10)40-19-17-29(5,6)42-27(36)41-25-14-12-24(13-15-25)34(37)38/h12-15,22-23H,11,16-21H2,1-10H3,(H,33,35). The van der Waals surface area contributed by atoms with Gasteiger partial charge in [0.2, 0.25) is 0 Å². The molecule has 0 bridgehead atoms. The van der Waals surface area contributed by atoms with Crippen molar-refractivity contribution >= 4 is 29.4 Å². The quantitative estimate of drug-likeness (QED) is 0.0589. The first-order valence-corrected chi connectivity index (χ1v) is 15.0. The summed E-state index contributed by atoms with van der Waals surface area (Å²) in [6.07, 6.45) is 2.90. The molecule has 0 aliphatic carbocycles. The minimum Gasteiger partial charge on any atom is -0.428 e. The lowest BCUT2D eigenvalue weighted by molar-refractivity contribution is -0.384. The highest BCUT2D eigenvalue weighted by Crippen LogP contribution is 2.28. The molecular formula is C31H51ClN2O8. The minimum atomic E-state index is -1.13. The van der Waals surface area contributed by atoms with Crippen molar-refractivity contribution in [3.05, 3.63) is 34.4 Å². The zero-order valence-electron chi connectivity index (χ0n) is 27.0. The summed E-state index contributed by atoms with van der Waals surface area (Å²) >= 11 is 6.21. The zero-order chi connectivity index (χ0) is 32.4. The van der Waals surface area contributed by atoms with Gasteiger partial charge in [0.25, 0.3) is 11.6 Å². The van der Waals surface area contributed by atoms with Crippen molar-refractivity contribution in [3.63, 3.8) is 0 Å². The predicted octanol–water partition coefficient (Wildman–Crippen LogP) is 7.59. The number of nitro groups is 1. The maximum absolute atomic E-state index is 13.1. The molecule has 2 atom stereocenters. The second-order valence-corrected chi connectivity index (χ2v) is 14.0. The molecule has 0 saturated heterocycles. The Labute approximate surface area is 256 Å². The highest BCUT2D eigenvalue weighted by Gasteiger charge is 2.34. The topological polar surface area (TPSA) is 126 Å². The molecule has 0 aliphatic rings. The van der Waals surface area contributed by atoms with Crippen LogP contribution in [0.15, 0.2) is 24.3 Å². The first-order chi connectivity index (χ1) is 19.2. The van der Waals surface area contributed by atoms with Gasteiger partial charge >= 0.3 is 6.16 Å². The fourth-order valence-electron chi connectivity index (χ4n) is 4.36. The second kappa shape index (κ2) is 15.9. The van der Waals surface area contributed by atoms with Crippen LogP contribution in [0.4, 0.5) is 10.5 Å². The van der Waals surface area contributed by atoms with E-state index in [9.17, 15) is 19.7 Å². The molecule has 1 amide bonds. The van der Waals surface area contributed by atoms with Gasteiger partial charge in [-0.05, 0) is 99.6 Å². The Morgan fingerprint density at radius 1 is 0.952 bits per heavy atom. The molecule has 0 fully saturated rings. The first-order valence-electron chi connectivity index (χ1n) is 14.6. The van der Waals surface area contributed by atoms with E-state index in [2.05, 4.69) is 26.1 Å². The zero-order valence-corrected chi connectivity index (χ0v) is 27.8. The van der Waals surface area contributed by atoms with Crippen molar-refractivity contribution in [1.29, 1.82) is 0 Å². The number of carbonyl (C=O) groups excluding carboxylic acids is 2. The lowest BCUT2D eigenvalue weighted by atomic mass is 9.88. The number of non-ortho nitro benzene ring substituents is 1. The number of rotatable bonds is 18. The second-order valence-electron chi connectivity index (χ2n) is 13.3. The van der Waals surface area contributed by atoms with Gasteiger partial charge in [0.05, 0.1) is 17.1 Å². The van der Waals surface area contributed by atoms with E-state index in [1.165, 1.54) is 24.3 Å². The van der Waals surface area contributed by atoms with Crippen LogP contribution < -0.4 is 10.1 Å². The van der Waals surface area contributed by atoms with E-state index in [-0.39, 0.29) is 34.9 Å². The predicted molar refractivity (Wildman–Crippen MR) is 164 cm³/mol. The summed E-state index contributed by atoms with van der Waals surface area (Å²) < 4.78 is 22.6. The molecule has 0 aromatic heterocycles. The Bertz CT molecular complexity index is 1020. The molecule has 0 heterocycles. The molecule has 1 aromatic rings. The van der Waals surface area contributed by atoms with Crippen LogP contribution >= 0.6 is 11.6 Å². The van der Waals surface area contributed by atoms with Crippen LogP contribution in [0.1, 0.15) is 101 Å². The third-order valence-corrected chi connectivity index (χ3v) is 7.19. The molecule has 11 heteroatoms. The van der Waals surface area contributed by atoms with E-state index in [1.54, 1.807) is 27.7 Å². The Balaban J connectivity index is 2.52. The monoisotopic (exact) mass is 614 g/mol. The number of carbonyl (C=O) groups is 2. The van der Waals surface area contributed by atoms with Gasteiger partial charge < -0.3 is 24.3 Å². The number of alkyl halides is 1. The normalized spacial score (nSPS) is 14.2. The summed E-state index contributed by atoms with van der Waals surface area (Å²) in [6, 6.07) is 5.10. The largest absolute Gasteiger partial charge is 0.514 e. The van der Waals surface area contributed by atoms with Gasteiger partial charge in [-0.25, -0.2) is 4.79 Å². The van der Waals surface area contributed by atoms with Gasteiger partial charge in [-0.2, -0.15) is 0 Å². The molecule has 0 spiro atoms. The van der Waals surface area contributed by atoms with E-state index in [1.807, 2.05) is 20.8 Å².